The molecule has 1 saturated heterocycles. The summed E-state index contributed by atoms with van der Waals surface area (Å²) in [5, 5.41) is 4.65. The molecule has 1 N–H and O–H groups in total. The van der Waals surface area contributed by atoms with E-state index in [-0.39, 0.29) is 18.4 Å². The van der Waals surface area contributed by atoms with E-state index in [9.17, 15) is 13.2 Å². The van der Waals surface area contributed by atoms with Gasteiger partial charge in [0.1, 0.15) is 4.21 Å². The van der Waals surface area contributed by atoms with Crippen molar-refractivity contribution in [1.82, 2.24) is 4.31 Å². The number of rotatable bonds is 6. The minimum Gasteiger partial charge on any atom is -0.380 e. The van der Waals surface area contributed by atoms with Crippen molar-refractivity contribution in [2.24, 2.45) is 5.92 Å². The number of piperidine rings is 1. The van der Waals surface area contributed by atoms with Crippen molar-refractivity contribution < 1.29 is 17.9 Å². The molecule has 1 aromatic carbocycles. The highest BCUT2D eigenvalue weighted by molar-refractivity contribution is 7.91. The molecule has 0 radical (unpaired) electrons. The third kappa shape index (κ3) is 4.32. The van der Waals surface area contributed by atoms with Gasteiger partial charge in [0.05, 0.1) is 12.5 Å². The van der Waals surface area contributed by atoms with Gasteiger partial charge in [0.2, 0.25) is 5.91 Å². The predicted octanol–water partition coefficient (Wildman–Crippen LogP) is 2.93. The van der Waals surface area contributed by atoms with Gasteiger partial charge in [-0.25, -0.2) is 8.42 Å². The zero-order valence-corrected chi connectivity index (χ0v) is 16.2. The van der Waals surface area contributed by atoms with Crippen LogP contribution in [-0.4, -0.2) is 38.8 Å². The number of benzene rings is 1. The van der Waals surface area contributed by atoms with Gasteiger partial charge in [-0.3, -0.25) is 4.79 Å². The topological polar surface area (TPSA) is 75.7 Å². The van der Waals surface area contributed by atoms with Gasteiger partial charge in [0, 0.05) is 25.9 Å². The van der Waals surface area contributed by atoms with Gasteiger partial charge in [-0.05, 0) is 42.0 Å². The summed E-state index contributed by atoms with van der Waals surface area (Å²) in [7, 11) is -1.90. The predicted molar refractivity (Wildman–Crippen MR) is 102 cm³/mol. The highest BCUT2D eigenvalue weighted by atomic mass is 32.2. The number of nitrogens with zero attached hydrogens (tertiary/aromatic N) is 1. The molecule has 0 bridgehead atoms. The molecule has 0 aliphatic carbocycles. The minimum absolute atomic E-state index is 0.148. The molecule has 2 heterocycles. The fraction of sp³-hybridized carbons (Fsp3) is 0.389. The summed E-state index contributed by atoms with van der Waals surface area (Å²) in [6.45, 7) is 1.14. The summed E-state index contributed by atoms with van der Waals surface area (Å²) in [4.78, 5) is 12.6. The smallest absolute Gasteiger partial charge is 0.252 e. The lowest BCUT2D eigenvalue weighted by molar-refractivity contribution is -0.120. The monoisotopic (exact) mass is 394 g/mol. The van der Waals surface area contributed by atoms with E-state index in [0.29, 0.717) is 35.9 Å². The molecule has 1 amide bonds. The molecule has 140 valence electrons. The van der Waals surface area contributed by atoms with E-state index < -0.39 is 10.0 Å². The average molecular weight is 395 g/mol. The van der Waals surface area contributed by atoms with Gasteiger partial charge < -0.3 is 10.1 Å². The maximum Gasteiger partial charge on any atom is 0.252 e. The molecule has 3 rings (SSSR count). The van der Waals surface area contributed by atoms with Crippen LogP contribution >= 0.6 is 11.3 Å². The van der Waals surface area contributed by atoms with Crippen LogP contribution in [0.5, 0.6) is 0 Å². The second-order valence-corrected chi connectivity index (χ2v) is 9.37. The molecular weight excluding hydrogens is 372 g/mol. The Morgan fingerprint density at radius 3 is 2.92 bits per heavy atom. The number of sulfonamides is 1. The quantitative estimate of drug-likeness (QED) is 0.817. The van der Waals surface area contributed by atoms with E-state index in [2.05, 4.69) is 5.32 Å². The van der Waals surface area contributed by atoms with E-state index in [1.165, 1.54) is 15.6 Å². The minimum atomic E-state index is -3.52. The maximum absolute atomic E-state index is 12.7. The average Bonchev–Trinajstić information content (AvgIpc) is 3.18. The molecule has 1 aliphatic rings. The molecular formula is C18H22N2O4S2. The van der Waals surface area contributed by atoms with E-state index in [1.54, 1.807) is 24.6 Å². The van der Waals surface area contributed by atoms with E-state index in [0.717, 1.165) is 5.56 Å². The number of carbonyl (C=O) groups is 1. The summed E-state index contributed by atoms with van der Waals surface area (Å²) in [6.07, 6.45) is 1.35. The molecule has 26 heavy (non-hydrogen) atoms. The Morgan fingerprint density at radius 2 is 2.19 bits per heavy atom. The van der Waals surface area contributed by atoms with Gasteiger partial charge in [0.25, 0.3) is 10.0 Å². The summed E-state index contributed by atoms with van der Waals surface area (Å²) in [5.74, 6) is -0.504. The molecule has 8 heteroatoms. The molecule has 1 aliphatic heterocycles. The second-order valence-electron chi connectivity index (χ2n) is 6.26. The Kier molecular flexibility index (Phi) is 6.08. The van der Waals surface area contributed by atoms with Gasteiger partial charge >= 0.3 is 0 Å². The zero-order chi connectivity index (χ0) is 18.6. The normalized spacial score (nSPS) is 18.6. The van der Waals surface area contributed by atoms with Crippen LogP contribution in [0.25, 0.3) is 0 Å². The first-order chi connectivity index (χ1) is 12.5. The molecule has 2 aromatic rings. The standard InChI is InChI=1S/C18H22N2O4S2/c1-24-13-14-5-2-7-16(11-14)19-18(21)15-6-3-9-20(12-15)26(22,23)17-8-4-10-25-17/h2,4-5,7-8,10-11,15H,3,6,9,12-13H2,1H3,(H,19,21)/t15-/m1/s1. The first-order valence-corrected chi connectivity index (χ1v) is 10.7. The lowest BCUT2D eigenvalue weighted by Gasteiger charge is -2.30. The molecule has 0 spiro atoms. The molecule has 1 aromatic heterocycles. The number of nitrogens with one attached hydrogen (secondary N) is 1. The van der Waals surface area contributed by atoms with Gasteiger partial charge in [-0.2, -0.15) is 4.31 Å². The fourth-order valence-electron chi connectivity index (χ4n) is 3.06. The zero-order valence-electron chi connectivity index (χ0n) is 14.6. The molecule has 6 nitrogen and oxygen atoms in total. The largest absolute Gasteiger partial charge is 0.380 e. The van der Waals surface area contributed by atoms with Crippen molar-refractivity contribution in [2.75, 3.05) is 25.5 Å². The number of amides is 1. The van der Waals surface area contributed by atoms with Crippen LogP contribution in [0.1, 0.15) is 18.4 Å². The number of hydrogen-bond acceptors (Lipinski definition) is 5. The lowest BCUT2D eigenvalue weighted by Crippen LogP contribution is -2.43. The van der Waals surface area contributed by atoms with Crippen molar-refractivity contribution >= 4 is 33.0 Å². The van der Waals surface area contributed by atoms with Crippen LogP contribution in [0.3, 0.4) is 0 Å². The van der Waals surface area contributed by atoms with Crippen LogP contribution in [0, 0.1) is 5.92 Å². The maximum atomic E-state index is 12.7. The SMILES string of the molecule is COCc1cccc(NC(=O)[C@@H]2CCCN(S(=O)(=O)c3cccs3)C2)c1. The third-order valence-corrected chi connectivity index (χ3v) is 7.59. The summed E-state index contributed by atoms with van der Waals surface area (Å²) >= 11 is 1.20. The van der Waals surface area contributed by atoms with Crippen LogP contribution in [0.4, 0.5) is 5.69 Å². The lowest BCUT2D eigenvalue weighted by atomic mass is 9.98. The van der Waals surface area contributed by atoms with Crippen molar-refractivity contribution in [3.8, 4) is 0 Å². The Hall–Kier alpha value is -1.74. The molecule has 0 saturated carbocycles. The van der Waals surface area contributed by atoms with Crippen molar-refractivity contribution in [2.45, 2.75) is 23.7 Å². The molecule has 1 atom stereocenters. The third-order valence-electron chi connectivity index (χ3n) is 4.35. The van der Waals surface area contributed by atoms with Crippen molar-refractivity contribution in [1.29, 1.82) is 0 Å². The first-order valence-electron chi connectivity index (χ1n) is 8.43. The summed E-state index contributed by atoms with van der Waals surface area (Å²) in [6, 6.07) is 10.8. The summed E-state index contributed by atoms with van der Waals surface area (Å²) < 4.78 is 32.2. The van der Waals surface area contributed by atoms with Crippen LogP contribution in [0.15, 0.2) is 46.0 Å². The van der Waals surface area contributed by atoms with Crippen molar-refractivity contribution in [3.63, 3.8) is 0 Å². The van der Waals surface area contributed by atoms with Crippen LogP contribution < -0.4 is 5.32 Å². The van der Waals surface area contributed by atoms with Gasteiger partial charge in [-0.1, -0.05) is 18.2 Å². The Morgan fingerprint density at radius 1 is 1.35 bits per heavy atom. The Bertz CT molecular complexity index is 850. The van der Waals surface area contributed by atoms with Gasteiger partial charge in [-0.15, -0.1) is 11.3 Å². The van der Waals surface area contributed by atoms with E-state index in [4.69, 9.17) is 4.74 Å². The number of ether oxygens (including phenoxy) is 1. The Balaban J connectivity index is 1.67. The molecule has 0 unspecified atom stereocenters. The number of carbonyl (C=O) groups excluding carboxylic acids is 1. The first kappa shape index (κ1) is 19.0. The van der Waals surface area contributed by atoms with Crippen LogP contribution in [0.2, 0.25) is 0 Å². The van der Waals surface area contributed by atoms with E-state index >= 15 is 0 Å². The van der Waals surface area contributed by atoms with Crippen LogP contribution in [-0.2, 0) is 26.2 Å². The Labute approximate surface area is 157 Å². The molecule has 1 fully saturated rings. The van der Waals surface area contributed by atoms with Crippen molar-refractivity contribution in [3.05, 3.63) is 47.3 Å². The van der Waals surface area contributed by atoms with E-state index in [1.807, 2.05) is 24.3 Å². The van der Waals surface area contributed by atoms with Gasteiger partial charge in [0.15, 0.2) is 0 Å². The second kappa shape index (κ2) is 8.30. The highest BCUT2D eigenvalue weighted by Crippen LogP contribution is 2.27. The number of anilines is 1. The fourth-order valence-corrected chi connectivity index (χ4v) is 5.73. The highest BCUT2D eigenvalue weighted by Gasteiger charge is 2.33. The number of methoxy groups -OCH3 is 1. The number of hydrogen-bond donors (Lipinski definition) is 1. The summed E-state index contributed by atoms with van der Waals surface area (Å²) in [5.41, 5.74) is 1.67. The number of thiophene rings is 1.